The molecule has 194 valence electrons. The van der Waals surface area contributed by atoms with Gasteiger partial charge in [0.1, 0.15) is 24.1 Å². The first-order valence-corrected chi connectivity index (χ1v) is 13.4. The van der Waals surface area contributed by atoms with E-state index in [1.54, 1.807) is 41.7 Å². The molecule has 1 aliphatic carbocycles. The second kappa shape index (κ2) is 13.3. The molecule has 0 spiro atoms. The van der Waals surface area contributed by atoms with Gasteiger partial charge in [-0.25, -0.2) is 0 Å². The highest BCUT2D eigenvalue weighted by atomic mass is 32.2. The molecule has 5 atom stereocenters. The number of aliphatic hydroxyl groups excluding tert-OH is 3. The minimum atomic E-state index is -1.70. The van der Waals surface area contributed by atoms with Gasteiger partial charge in [0, 0.05) is 29.6 Å². The molecule has 1 aromatic carbocycles. The third-order valence-corrected chi connectivity index (χ3v) is 7.87. The Labute approximate surface area is 211 Å². The van der Waals surface area contributed by atoms with Gasteiger partial charge < -0.3 is 40.1 Å². The molecule has 1 amide bonds. The highest BCUT2D eigenvalue weighted by Gasteiger charge is 2.47. The van der Waals surface area contributed by atoms with E-state index in [0.29, 0.717) is 6.61 Å². The molecule has 0 bridgehead atoms. The summed E-state index contributed by atoms with van der Waals surface area (Å²) in [5, 5.41) is 47.5. The lowest BCUT2D eigenvalue weighted by molar-refractivity contribution is -0.174. The molecule has 2 aliphatic rings. The maximum Gasteiger partial charge on any atom is 0.309 e. The highest BCUT2D eigenvalue weighted by molar-refractivity contribution is 8.17. The van der Waals surface area contributed by atoms with Crippen molar-refractivity contribution in [2.45, 2.75) is 44.4 Å². The van der Waals surface area contributed by atoms with Crippen molar-refractivity contribution in [3.63, 3.8) is 0 Å². The Morgan fingerprint density at radius 3 is 2.57 bits per heavy atom. The molecule has 11 nitrogen and oxygen atoms in total. The van der Waals surface area contributed by atoms with Gasteiger partial charge in [-0.15, -0.1) is 23.5 Å². The van der Waals surface area contributed by atoms with E-state index in [9.17, 15) is 30.0 Å². The van der Waals surface area contributed by atoms with Crippen LogP contribution in [0.4, 0.5) is 5.69 Å². The fourth-order valence-corrected chi connectivity index (χ4v) is 5.69. The lowest BCUT2D eigenvalue weighted by atomic mass is 9.80. The summed E-state index contributed by atoms with van der Waals surface area (Å²) in [5.74, 6) is -1.46. The maximum atomic E-state index is 12.5. The zero-order chi connectivity index (χ0) is 25.4. The third-order valence-electron chi connectivity index (χ3n) is 5.46. The van der Waals surface area contributed by atoms with Gasteiger partial charge in [0.05, 0.1) is 30.0 Å². The Morgan fingerprint density at radius 2 is 1.89 bits per heavy atom. The zero-order valence-corrected chi connectivity index (χ0v) is 20.8. The number of aliphatic carboxylic acids is 1. The number of oxime groups is 1. The standard InChI is InChI=1S/C22H30N2O9S2/c1-2-31-7-12-3-4-16(33-17-6-14(22(29)30)19(26)21(28)20(17)27)15(5-12)23-18(25)8-32-24-13-9-34-11-35-10-13/h3-5,14,17,19-21,26-28H,2,6-11H2,1H3,(H,23,25)(H,29,30)/t14-,17+,19+,20-,21-/m1/s1. The molecule has 1 aliphatic heterocycles. The number of anilines is 1. The van der Waals surface area contributed by atoms with Gasteiger partial charge in [0.15, 0.2) is 6.61 Å². The lowest BCUT2D eigenvalue weighted by Crippen LogP contribution is -2.57. The first kappa shape index (κ1) is 27.6. The summed E-state index contributed by atoms with van der Waals surface area (Å²) < 4.78 is 11.3. The highest BCUT2D eigenvalue weighted by Crippen LogP contribution is 2.33. The van der Waals surface area contributed by atoms with Crippen LogP contribution in [-0.4, -0.2) is 92.2 Å². The molecule has 0 aromatic heterocycles. The first-order chi connectivity index (χ1) is 16.8. The molecule has 1 heterocycles. The fraction of sp³-hybridized carbons (Fsp3) is 0.591. The van der Waals surface area contributed by atoms with E-state index >= 15 is 0 Å². The van der Waals surface area contributed by atoms with Crippen molar-refractivity contribution in [3.8, 4) is 5.75 Å². The molecule has 1 saturated heterocycles. The summed E-state index contributed by atoms with van der Waals surface area (Å²) in [4.78, 5) is 29.2. The second-order valence-electron chi connectivity index (χ2n) is 8.07. The van der Waals surface area contributed by atoms with E-state index in [-0.39, 0.29) is 31.1 Å². The molecule has 0 unspecified atom stereocenters. The summed E-state index contributed by atoms with van der Waals surface area (Å²) in [6, 6.07) is 4.90. The SMILES string of the molecule is CCOCc1ccc(O[C@H]2C[C@@H](C(=O)O)[C@H](O)[C@@H](O)[C@@H]2O)c(NC(=O)CON=C2CSCSC2)c1. The second-order valence-corrected chi connectivity index (χ2v) is 10.4. The summed E-state index contributed by atoms with van der Waals surface area (Å²) in [7, 11) is 0. The first-order valence-electron chi connectivity index (χ1n) is 11.1. The summed E-state index contributed by atoms with van der Waals surface area (Å²) in [5.41, 5.74) is 1.86. The van der Waals surface area contributed by atoms with Gasteiger partial charge in [-0.1, -0.05) is 11.2 Å². The summed E-state index contributed by atoms with van der Waals surface area (Å²) in [6.07, 6.45) is -6.23. The third kappa shape index (κ3) is 7.72. The van der Waals surface area contributed by atoms with Gasteiger partial charge in [0.2, 0.25) is 0 Å². The number of benzene rings is 1. The van der Waals surface area contributed by atoms with Crippen molar-refractivity contribution in [1.29, 1.82) is 0 Å². The van der Waals surface area contributed by atoms with Crippen molar-refractivity contribution in [2.75, 3.05) is 35.1 Å². The van der Waals surface area contributed by atoms with Crippen LogP contribution >= 0.6 is 23.5 Å². The topological polar surface area (TPSA) is 167 Å². The molecular weight excluding hydrogens is 500 g/mol. The molecule has 3 rings (SSSR count). The van der Waals surface area contributed by atoms with Crippen LogP contribution in [0.2, 0.25) is 0 Å². The molecule has 5 N–H and O–H groups in total. The number of nitrogens with one attached hydrogen (secondary N) is 1. The van der Waals surface area contributed by atoms with Crippen LogP contribution in [0.3, 0.4) is 0 Å². The number of carbonyl (C=O) groups excluding carboxylic acids is 1. The number of aliphatic hydroxyl groups is 3. The number of hydrogen-bond donors (Lipinski definition) is 5. The van der Waals surface area contributed by atoms with Crippen molar-refractivity contribution < 1.29 is 44.3 Å². The smallest absolute Gasteiger partial charge is 0.309 e. The number of carbonyl (C=O) groups is 2. The number of thioether (sulfide) groups is 2. The number of carboxylic acid groups (broad SMARTS) is 1. The van der Waals surface area contributed by atoms with E-state index in [0.717, 1.165) is 27.9 Å². The number of ether oxygens (including phenoxy) is 2. The van der Waals surface area contributed by atoms with Crippen LogP contribution in [0.15, 0.2) is 23.4 Å². The maximum absolute atomic E-state index is 12.5. The van der Waals surface area contributed by atoms with Gasteiger partial charge in [-0.2, -0.15) is 0 Å². The average Bonchev–Trinajstić information content (AvgIpc) is 2.84. The predicted octanol–water partition coefficient (Wildman–Crippen LogP) is 0.906. The zero-order valence-electron chi connectivity index (χ0n) is 19.2. The molecule has 0 radical (unpaired) electrons. The van der Waals surface area contributed by atoms with Crippen molar-refractivity contribution in [1.82, 2.24) is 0 Å². The quantitative estimate of drug-likeness (QED) is 0.273. The molecule has 1 aromatic rings. The van der Waals surface area contributed by atoms with Crippen molar-refractivity contribution in [2.24, 2.45) is 11.1 Å². The number of amides is 1. The van der Waals surface area contributed by atoms with E-state index in [1.165, 1.54) is 0 Å². The Bertz CT molecular complexity index is 909. The average molecular weight is 531 g/mol. The van der Waals surface area contributed by atoms with E-state index < -0.39 is 42.2 Å². The Morgan fingerprint density at radius 1 is 1.14 bits per heavy atom. The number of rotatable bonds is 10. The van der Waals surface area contributed by atoms with Crippen molar-refractivity contribution in [3.05, 3.63) is 23.8 Å². The van der Waals surface area contributed by atoms with Crippen LogP contribution in [-0.2, 0) is 25.8 Å². The van der Waals surface area contributed by atoms with Crippen molar-refractivity contribution >= 4 is 46.8 Å². The number of hydrogen-bond acceptors (Lipinski definition) is 11. The molecule has 2 fully saturated rings. The van der Waals surface area contributed by atoms with Gasteiger partial charge in [0.25, 0.3) is 5.91 Å². The minimum Gasteiger partial charge on any atom is -0.485 e. The lowest BCUT2D eigenvalue weighted by Gasteiger charge is -2.38. The molecule has 1 saturated carbocycles. The largest absolute Gasteiger partial charge is 0.485 e. The Balaban J connectivity index is 1.72. The Kier molecular flexibility index (Phi) is 10.5. The fourth-order valence-electron chi connectivity index (χ4n) is 3.64. The number of carboxylic acids is 1. The van der Waals surface area contributed by atoms with E-state index in [2.05, 4.69) is 10.5 Å². The van der Waals surface area contributed by atoms with Crippen LogP contribution in [0, 0.1) is 5.92 Å². The van der Waals surface area contributed by atoms with Crippen LogP contribution < -0.4 is 10.1 Å². The van der Waals surface area contributed by atoms with Crippen LogP contribution in [0.5, 0.6) is 5.75 Å². The molecule has 35 heavy (non-hydrogen) atoms. The predicted molar refractivity (Wildman–Crippen MR) is 132 cm³/mol. The van der Waals surface area contributed by atoms with Gasteiger partial charge in [-0.05, 0) is 24.6 Å². The molecular formula is C22H30N2O9S2. The van der Waals surface area contributed by atoms with Gasteiger partial charge in [-0.3, -0.25) is 9.59 Å². The minimum absolute atomic E-state index is 0.154. The van der Waals surface area contributed by atoms with Crippen LogP contribution in [0.1, 0.15) is 18.9 Å². The summed E-state index contributed by atoms with van der Waals surface area (Å²) in [6.45, 7) is 2.31. The Hall–Kier alpha value is -2.03. The summed E-state index contributed by atoms with van der Waals surface area (Å²) >= 11 is 3.45. The van der Waals surface area contributed by atoms with Gasteiger partial charge >= 0.3 is 5.97 Å². The molecule has 13 heteroatoms. The number of nitrogens with zero attached hydrogens (tertiary/aromatic N) is 1. The van der Waals surface area contributed by atoms with E-state index in [1.807, 2.05) is 6.92 Å². The monoisotopic (exact) mass is 530 g/mol. The normalized spacial score (nSPS) is 26.6. The van der Waals surface area contributed by atoms with Crippen LogP contribution in [0.25, 0.3) is 0 Å². The van der Waals surface area contributed by atoms with E-state index in [4.69, 9.17) is 14.3 Å².